The highest BCUT2D eigenvalue weighted by Gasteiger charge is 2.27. The van der Waals surface area contributed by atoms with E-state index in [1.54, 1.807) is 7.11 Å². The molecule has 5 rings (SSSR count). The summed E-state index contributed by atoms with van der Waals surface area (Å²) in [4.78, 5) is 7.51. The number of rotatable bonds is 5. The molecular weight excluding hydrogens is 406 g/mol. The highest BCUT2D eigenvalue weighted by Crippen LogP contribution is 2.32. The second-order valence-corrected chi connectivity index (χ2v) is 8.97. The summed E-state index contributed by atoms with van der Waals surface area (Å²) in [7, 11) is 1.69. The molecule has 31 heavy (non-hydrogen) atoms. The summed E-state index contributed by atoms with van der Waals surface area (Å²) in [6, 6.07) is 15.1. The Bertz CT molecular complexity index is 1220. The third kappa shape index (κ3) is 3.95. The minimum atomic E-state index is 0.236. The van der Waals surface area contributed by atoms with E-state index in [1.165, 1.54) is 22.9 Å². The number of benzene rings is 2. The third-order valence-electron chi connectivity index (χ3n) is 6.34. The van der Waals surface area contributed by atoms with Crippen molar-refractivity contribution < 1.29 is 4.74 Å². The minimum absolute atomic E-state index is 0.236. The van der Waals surface area contributed by atoms with Gasteiger partial charge < -0.3 is 15.4 Å². The molecule has 2 unspecified atom stereocenters. The van der Waals surface area contributed by atoms with Crippen LogP contribution in [-0.4, -0.2) is 32.9 Å². The van der Waals surface area contributed by atoms with Crippen LogP contribution in [0.25, 0.3) is 21.9 Å². The topological polar surface area (TPSA) is 77.2 Å². The van der Waals surface area contributed by atoms with E-state index in [2.05, 4.69) is 44.8 Å². The van der Waals surface area contributed by atoms with Crippen LogP contribution in [0, 0.1) is 6.92 Å². The summed E-state index contributed by atoms with van der Waals surface area (Å²) < 4.78 is 14.4. The van der Waals surface area contributed by atoms with Crippen molar-refractivity contribution in [1.29, 1.82) is 0 Å². The van der Waals surface area contributed by atoms with Gasteiger partial charge in [-0.15, -0.1) is 0 Å². The monoisotopic (exact) mass is 433 g/mol. The molecule has 0 spiro atoms. The fourth-order valence-corrected chi connectivity index (χ4v) is 5.26. The second-order valence-electron chi connectivity index (χ2n) is 8.44. The van der Waals surface area contributed by atoms with Crippen LogP contribution in [-0.2, 0) is 6.54 Å². The van der Waals surface area contributed by atoms with E-state index in [-0.39, 0.29) is 6.04 Å². The SMILES string of the molecule is COc1ccc2c(C)cc(N(Cc3cccc4nsnc34)C3CCCC(N)C3)nc2c1. The summed E-state index contributed by atoms with van der Waals surface area (Å²) >= 11 is 1.27. The first-order valence-corrected chi connectivity index (χ1v) is 11.5. The predicted octanol–water partition coefficient (Wildman–Crippen LogP) is 4.83. The number of anilines is 1. The molecule has 1 aliphatic rings. The van der Waals surface area contributed by atoms with E-state index in [4.69, 9.17) is 15.5 Å². The average Bonchev–Trinajstić information content (AvgIpc) is 3.26. The molecule has 2 heterocycles. The first kappa shape index (κ1) is 20.2. The fraction of sp³-hybridized carbons (Fsp3) is 0.375. The molecule has 1 saturated carbocycles. The standard InChI is InChI=1S/C24H27N5OS/c1-15-11-23(26-22-13-19(30-2)9-10-20(15)22)29(18-7-4-6-17(25)12-18)14-16-5-3-8-21-24(16)28-31-27-21/h3,5,8-11,13,17-18H,4,6-7,12,14,25H2,1-2H3. The highest BCUT2D eigenvalue weighted by molar-refractivity contribution is 7.00. The Balaban J connectivity index is 1.60. The van der Waals surface area contributed by atoms with Crippen LogP contribution in [0.4, 0.5) is 5.82 Å². The van der Waals surface area contributed by atoms with Gasteiger partial charge in [0, 0.05) is 35.6 Å². The van der Waals surface area contributed by atoms with Gasteiger partial charge in [0.1, 0.15) is 22.6 Å². The fourth-order valence-electron chi connectivity index (χ4n) is 4.69. The number of ether oxygens (including phenoxy) is 1. The van der Waals surface area contributed by atoms with Gasteiger partial charge in [-0.25, -0.2) is 4.98 Å². The Morgan fingerprint density at radius 3 is 2.87 bits per heavy atom. The van der Waals surface area contributed by atoms with Crippen molar-refractivity contribution in [3.8, 4) is 5.75 Å². The van der Waals surface area contributed by atoms with Crippen molar-refractivity contribution in [2.24, 2.45) is 5.73 Å². The van der Waals surface area contributed by atoms with E-state index in [0.29, 0.717) is 6.04 Å². The molecule has 0 aliphatic heterocycles. The van der Waals surface area contributed by atoms with E-state index in [0.717, 1.165) is 65.7 Å². The first-order valence-electron chi connectivity index (χ1n) is 10.8. The number of fused-ring (bicyclic) bond motifs is 2. The number of hydrogen-bond acceptors (Lipinski definition) is 7. The average molecular weight is 434 g/mol. The lowest BCUT2D eigenvalue weighted by atomic mass is 9.90. The molecule has 6 nitrogen and oxygen atoms in total. The molecule has 4 aromatic rings. The lowest BCUT2D eigenvalue weighted by Crippen LogP contribution is -2.42. The predicted molar refractivity (Wildman–Crippen MR) is 127 cm³/mol. The zero-order valence-corrected chi connectivity index (χ0v) is 18.7. The first-order chi connectivity index (χ1) is 15.1. The van der Waals surface area contributed by atoms with Crippen LogP contribution >= 0.6 is 11.7 Å². The van der Waals surface area contributed by atoms with Gasteiger partial charge in [-0.1, -0.05) is 12.1 Å². The molecule has 160 valence electrons. The van der Waals surface area contributed by atoms with E-state index in [9.17, 15) is 0 Å². The van der Waals surface area contributed by atoms with Crippen LogP contribution in [0.1, 0.15) is 36.8 Å². The Kier molecular flexibility index (Phi) is 5.46. The van der Waals surface area contributed by atoms with Gasteiger partial charge in [0.15, 0.2) is 0 Å². The van der Waals surface area contributed by atoms with Crippen LogP contribution in [0.3, 0.4) is 0 Å². The zero-order valence-electron chi connectivity index (χ0n) is 17.9. The van der Waals surface area contributed by atoms with Gasteiger partial charge in [0.05, 0.1) is 24.4 Å². The van der Waals surface area contributed by atoms with Crippen molar-refractivity contribution in [3.05, 3.63) is 53.6 Å². The van der Waals surface area contributed by atoms with Gasteiger partial charge in [-0.3, -0.25) is 0 Å². The Hall–Kier alpha value is -2.77. The van der Waals surface area contributed by atoms with Crippen molar-refractivity contribution in [1.82, 2.24) is 13.7 Å². The van der Waals surface area contributed by atoms with Crippen molar-refractivity contribution >= 4 is 39.5 Å². The molecule has 0 bridgehead atoms. The van der Waals surface area contributed by atoms with Gasteiger partial charge in [0.25, 0.3) is 0 Å². The summed E-state index contributed by atoms with van der Waals surface area (Å²) in [5, 5.41) is 1.15. The summed E-state index contributed by atoms with van der Waals surface area (Å²) in [5.74, 6) is 1.80. The molecule has 0 radical (unpaired) electrons. The maximum atomic E-state index is 6.38. The molecule has 0 saturated heterocycles. The number of pyridine rings is 1. The molecule has 1 fully saturated rings. The number of methoxy groups -OCH3 is 1. The number of nitrogens with two attached hydrogens (primary N) is 1. The van der Waals surface area contributed by atoms with Crippen molar-refractivity contribution in [3.63, 3.8) is 0 Å². The van der Waals surface area contributed by atoms with Crippen molar-refractivity contribution in [2.45, 2.75) is 51.2 Å². The van der Waals surface area contributed by atoms with E-state index in [1.807, 2.05) is 18.2 Å². The second kappa shape index (κ2) is 8.40. The third-order valence-corrected chi connectivity index (χ3v) is 6.89. The van der Waals surface area contributed by atoms with Gasteiger partial charge in [-0.05, 0) is 62.4 Å². The lowest BCUT2D eigenvalue weighted by molar-refractivity contribution is 0.370. The molecule has 2 aromatic heterocycles. The van der Waals surface area contributed by atoms with E-state index >= 15 is 0 Å². The molecular formula is C24H27N5OS. The molecule has 1 aliphatic carbocycles. The van der Waals surface area contributed by atoms with Crippen LogP contribution in [0.2, 0.25) is 0 Å². The molecule has 2 aromatic carbocycles. The smallest absolute Gasteiger partial charge is 0.130 e. The van der Waals surface area contributed by atoms with Crippen LogP contribution < -0.4 is 15.4 Å². The maximum absolute atomic E-state index is 6.38. The summed E-state index contributed by atoms with van der Waals surface area (Å²) in [5.41, 5.74) is 11.7. The Morgan fingerprint density at radius 2 is 2.03 bits per heavy atom. The van der Waals surface area contributed by atoms with Crippen molar-refractivity contribution in [2.75, 3.05) is 12.0 Å². The van der Waals surface area contributed by atoms with E-state index < -0.39 is 0 Å². The van der Waals surface area contributed by atoms with Gasteiger partial charge in [-0.2, -0.15) is 8.75 Å². The zero-order chi connectivity index (χ0) is 21.4. The summed E-state index contributed by atoms with van der Waals surface area (Å²) in [6.07, 6.45) is 4.33. The number of nitrogens with zero attached hydrogens (tertiary/aromatic N) is 4. The molecule has 7 heteroatoms. The Labute approximate surface area is 186 Å². The molecule has 0 amide bonds. The molecule has 2 atom stereocenters. The number of hydrogen-bond donors (Lipinski definition) is 1. The Morgan fingerprint density at radius 1 is 1.13 bits per heavy atom. The quantitative estimate of drug-likeness (QED) is 0.486. The lowest BCUT2D eigenvalue weighted by Gasteiger charge is -2.37. The molecule has 2 N–H and O–H groups in total. The van der Waals surface area contributed by atoms with Crippen LogP contribution in [0.15, 0.2) is 42.5 Å². The van der Waals surface area contributed by atoms with Crippen LogP contribution in [0.5, 0.6) is 5.75 Å². The van der Waals surface area contributed by atoms with Gasteiger partial charge >= 0.3 is 0 Å². The normalized spacial score (nSPS) is 19.1. The van der Waals surface area contributed by atoms with Gasteiger partial charge in [0.2, 0.25) is 0 Å². The maximum Gasteiger partial charge on any atom is 0.130 e. The number of aryl methyl sites for hydroxylation is 1. The minimum Gasteiger partial charge on any atom is -0.497 e. The largest absolute Gasteiger partial charge is 0.497 e. The highest BCUT2D eigenvalue weighted by atomic mass is 32.1. The summed E-state index contributed by atoms with van der Waals surface area (Å²) in [6.45, 7) is 2.89. The number of aromatic nitrogens is 3.